The molecule has 1 saturated carbocycles. The quantitative estimate of drug-likeness (QED) is 0.913. The minimum Gasteiger partial charge on any atom is -0.440 e. The maximum absolute atomic E-state index is 12.2. The summed E-state index contributed by atoms with van der Waals surface area (Å²) in [5.41, 5.74) is 0.750. The van der Waals surface area contributed by atoms with Gasteiger partial charge in [-0.3, -0.25) is 4.79 Å². The third-order valence-electron chi connectivity index (χ3n) is 3.75. The van der Waals surface area contributed by atoms with E-state index in [9.17, 15) is 4.79 Å². The molecule has 0 unspecified atom stereocenters. The molecular weight excluding hydrogens is 297 g/mol. The fraction of sp³-hybridized carbons (Fsp3) is 0.267. The SMILES string of the molecule is O=C(NC1(c2ccc(Cl)cc2)CCC1)c1ccc(Cl)o1. The molecule has 1 aromatic heterocycles. The molecule has 0 aliphatic heterocycles. The molecule has 1 amide bonds. The molecule has 0 spiro atoms. The van der Waals surface area contributed by atoms with Gasteiger partial charge in [0.25, 0.3) is 5.91 Å². The second kappa shape index (κ2) is 5.15. The van der Waals surface area contributed by atoms with Gasteiger partial charge in [0.05, 0.1) is 5.54 Å². The van der Waals surface area contributed by atoms with E-state index in [2.05, 4.69) is 5.32 Å². The summed E-state index contributed by atoms with van der Waals surface area (Å²) in [6.07, 6.45) is 2.91. The Hall–Kier alpha value is -1.45. The van der Waals surface area contributed by atoms with Gasteiger partial charge < -0.3 is 9.73 Å². The number of nitrogens with one attached hydrogen (secondary N) is 1. The first-order chi connectivity index (χ1) is 9.59. The summed E-state index contributed by atoms with van der Waals surface area (Å²) in [6, 6.07) is 10.7. The van der Waals surface area contributed by atoms with Crippen LogP contribution in [0.2, 0.25) is 10.2 Å². The smallest absolute Gasteiger partial charge is 0.287 e. The minimum atomic E-state index is -0.319. The monoisotopic (exact) mass is 309 g/mol. The van der Waals surface area contributed by atoms with Crippen LogP contribution in [-0.2, 0) is 5.54 Å². The van der Waals surface area contributed by atoms with Crippen LogP contribution in [0.3, 0.4) is 0 Å². The molecule has 20 heavy (non-hydrogen) atoms. The average Bonchev–Trinajstić information content (AvgIpc) is 2.82. The van der Waals surface area contributed by atoms with Crippen molar-refractivity contribution in [2.75, 3.05) is 0 Å². The number of furan rings is 1. The second-order valence-electron chi connectivity index (χ2n) is 5.00. The molecule has 2 aromatic rings. The van der Waals surface area contributed by atoms with Crippen LogP contribution in [0, 0.1) is 0 Å². The summed E-state index contributed by atoms with van der Waals surface area (Å²) in [5, 5.41) is 3.96. The Bertz CT molecular complexity index is 630. The fourth-order valence-corrected chi connectivity index (χ4v) is 2.77. The van der Waals surface area contributed by atoms with E-state index >= 15 is 0 Å². The highest BCUT2D eigenvalue weighted by Crippen LogP contribution is 2.41. The van der Waals surface area contributed by atoms with Crippen LogP contribution >= 0.6 is 23.2 Å². The summed E-state index contributed by atoms with van der Waals surface area (Å²) >= 11 is 11.6. The number of hydrogen-bond acceptors (Lipinski definition) is 2. The van der Waals surface area contributed by atoms with Gasteiger partial charge in [0.15, 0.2) is 11.0 Å². The Kier molecular flexibility index (Phi) is 3.48. The van der Waals surface area contributed by atoms with Gasteiger partial charge in [-0.05, 0) is 60.7 Å². The lowest BCUT2D eigenvalue weighted by atomic mass is 9.71. The molecule has 1 N–H and O–H groups in total. The number of amides is 1. The highest BCUT2D eigenvalue weighted by Gasteiger charge is 2.40. The fourth-order valence-electron chi connectivity index (χ4n) is 2.50. The molecule has 0 saturated heterocycles. The molecule has 1 aliphatic carbocycles. The number of rotatable bonds is 3. The molecule has 0 bridgehead atoms. The predicted molar refractivity (Wildman–Crippen MR) is 78.2 cm³/mol. The summed E-state index contributed by atoms with van der Waals surface area (Å²) in [7, 11) is 0. The van der Waals surface area contributed by atoms with Gasteiger partial charge >= 0.3 is 0 Å². The van der Waals surface area contributed by atoms with Crippen molar-refractivity contribution in [2.24, 2.45) is 0 Å². The van der Waals surface area contributed by atoms with Crippen LogP contribution in [0.1, 0.15) is 35.4 Å². The molecule has 3 nitrogen and oxygen atoms in total. The number of carbonyl (C=O) groups excluding carboxylic acids is 1. The van der Waals surface area contributed by atoms with Crippen molar-refractivity contribution < 1.29 is 9.21 Å². The first kappa shape index (κ1) is 13.5. The van der Waals surface area contributed by atoms with Gasteiger partial charge in [-0.2, -0.15) is 0 Å². The van der Waals surface area contributed by atoms with Crippen molar-refractivity contribution >= 4 is 29.1 Å². The van der Waals surface area contributed by atoms with Crippen molar-refractivity contribution in [3.05, 3.63) is 58.0 Å². The van der Waals surface area contributed by atoms with E-state index in [0.29, 0.717) is 5.02 Å². The molecule has 1 aromatic carbocycles. The zero-order valence-electron chi connectivity index (χ0n) is 10.7. The summed E-state index contributed by atoms with van der Waals surface area (Å²) in [4.78, 5) is 12.2. The molecule has 104 valence electrons. The van der Waals surface area contributed by atoms with Crippen LogP contribution in [0.4, 0.5) is 0 Å². The van der Waals surface area contributed by atoms with E-state index in [1.165, 1.54) is 0 Å². The van der Waals surface area contributed by atoms with Gasteiger partial charge in [0.1, 0.15) is 0 Å². The van der Waals surface area contributed by atoms with E-state index in [0.717, 1.165) is 24.8 Å². The Labute approximate surface area is 126 Å². The summed E-state index contributed by atoms with van der Waals surface area (Å²) < 4.78 is 5.15. The van der Waals surface area contributed by atoms with Crippen LogP contribution in [-0.4, -0.2) is 5.91 Å². The summed E-state index contributed by atoms with van der Waals surface area (Å²) in [5.74, 6) is -0.0122. The lowest BCUT2D eigenvalue weighted by Gasteiger charge is -2.43. The number of carbonyl (C=O) groups is 1. The number of benzene rings is 1. The van der Waals surface area contributed by atoms with Crippen LogP contribution in [0.15, 0.2) is 40.8 Å². The van der Waals surface area contributed by atoms with Gasteiger partial charge in [-0.1, -0.05) is 23.7 Å². The van der Waals surface area contributed by atoms with Crippen molar-refractivity contribution in [1.29, 1.82) is 0 Å². The van der Waals surface area contributed by atoms with Crippen LogP contribution < -0.4 is 5.32 Å². The van der Waals surface area contributed by atoms with Crippen molar-refractivity contribution in [1.82, 2.24) is 5.32 Å². The van der Waals surface area contributed by atoms with Crippen molar-refractivity contribution in [3.8, 4) is 0 Å². The van der Waals surface area contributed by atoms with Crippen LogP contribution in [0.25, 0.3) is 0 Å². The second-order valence-corrected chi connectivity index (χ2v) is 5.81. The minimum absolute atomic E-state index is 0.212. The third kappa shape index (κ3) is 2.43. The van der Waals surface area contributed by atoms with Gasteiger partial charge in [-0.15, -0.1) is 0 Å². The molecule has 5 heteroatoms. The molecule has 0 radical (unpaired) electrons. The molecule has 1 aliphatic rings. The first-order valence-electron chi connectivity index (χ1n) is 6.43. The number of halogens is 2. The van der Waals surface area contributed by atoms with E-state index in [4.69, 9.17) is 27.6 Å². The Morgan fingerprint density at radius 3 is 2.30 bits per heavy atom. The van der Waals surface area contributed by atoms with E-state index in [1.54, 1.807) is 12.1 Å². The lowest BCUT2D eigenvalue weighted by molar-refractivity contribution is 0.0795. The van der Waals surface area contributed by atoms with Crippen molar-refractivity contribution in [2.45, 2.75) is 24.8 Å². The van der Waals surface area contributed by atoms with E-state index < -0.39 is 0 Å². The van der Waals surface area contributed by atoms with E-state index in [1.807, 2.05) is 24.3 Å². The first-order valence-corrected chi connectivity index (χ1v) is 7.19. The zero-order valence-corrected chi connectivity index (χ0v) is 12.2. The standard InChI is InChI=1S/C15H13Cl2NO2/c16-11-4-2-10(3-5-11)15(8-1-9-15)18-14(19)12-6-7-13(17)20-12/h2-7H,1,8-9H2,(H,18,19). The maximum Gasteiger partial charge on any atom is 0.287 e. The Balaban J connectivity index is 1.83. The highest BCUT2D eigenvalue weighted by atomic mass is 35.5. The average molecular weight is 310 g/mol. The topological polar surface area (TPSA) is 42.2 Å². The van der Waals surface area contributed by atoms with E-state index in [-0.39, 0.29) is 22.4 Å². The lowest BCUT2D eigenvalue weighted by Crippen LogP contribution is -2.50. The van der Waals surface area contributed by atoms with Gasteiger partial charge in [0, 0.05) is 5.02 Å². The molecular formula is C15H13Cl2NO2. The van der Waals surface area contributed by atoms with Crippen molar-refractivity contribution in [3.63, 3.8) is 0 Å². The molecule has 0 atom stereocenters. The van der Waals surface area contributed by atoms with Gasteiger partial charge in [-0.25, -0.2) is 0 Å². The third-order valence-corrected chi connectivity index (χ3v) is 4.21. The highest BCUT2D eigenvalue weighted by molar-refractivity contribution is 6.30. The largest absolute Gasteiger partial charge is 0.440 e. The predicted octanol–water partition coefficient (Wildman–Crippen LogP) is 4.40. The zero-order chi connectivity index (χ0) is 14.2. The molecule has 1 heterocycles. The van der Waals surface area contributed by atoms with Gasteiger partial charge in [0.2, 0.25) is 0 Å². The number of hydrogen-bond donors (Lipinski definition) is 1. The van der Waals surface area contributed by atoms with Crippen LogP contribution in [0.5, 0.6) is 0 Å². The maximum atomic E-state index is 12.2. The molecule has 3 rings (SSSR count). The Morgan fingerprint density at radius 2 is 1.80 bits per heavy atom. The normalized spacial score (nSPS) is 16.5. The Morgan fingerprint density at radius 1 is 1.10 bits per heavy atom. The molecule has 1 fully saturated rings. The summed E-state index contributed by atoms with van der Waals surface area (Å²) in [6.45, 7) is 0.